The number of hydrogen-bond acceptors (Lipinski definition) is 3. The van der Waals surface area contributed by atoms with Crippen LogP contribution in [0.3, 0.4) is 0 Å². The van der Waals surface area contributed by atoms with Gasteiger partial charge in [0.15, 0.2) is 0 Å². The summed E-state index contributed by atoms with van der Waals surface area (Å²) in [5.74, 6) is 1.52. The van der Waals surface area contributed by atoms with Gasteiger partial charge in [0.05, 0.1) is 13.7 Å². The molecule has 1 unspecified atom stereocenters. The topological polar surface area (TPSA) is 38.9 Å². The van der Waals surface area contributed by atoms with Crippen LogP contribution in [0.5, 0.6) is 0 Å². The van der Waals surface area contributed by atoms with Gasteiger partial charge in [-0.3, -0.25) is 0 Å². The smallest absolute Gasteiger partial charge is 0.121 e. The van der Waals surface area contributed by atoms with E-state index >= 15 is 0 Å². The van der Waals surface area contributed by atoms with Gasteiger partial charge in [0.25, 0.3) is 0 Å². The second kappa shape index (κ2) is 17.9. The molecule has 5 aromatic carbocycles. The Hall–Kier alpha value is -4.93. The minimum absolute atomic E-state index is 0. The standard InChI is InChI=1S/C36H32NO.C17H22NSi.Ir/c1-22(2)25(5)27-15-16-37-33(20-27)31-14-13-30(26-9-7-6-8-10-26)35-32-12-11-28(21-34(32)38-36(31)35)29-18-23(3)17-24(4)19-29;1-13(2)15-11-16(14-9-7-6-8-10-14)18-12-17(15)19(3,4)5;/h6-13,15-22,25H,1-5H3;6-9,11-13H,1-5H3;/q2*-1;. The molecule has 0 N–H and O–H groups in total. The number of aromatic nitrogens is 2. The second-order valence-electron chi connectivity index (χ2n) is 17.2. The minimum Gasteiger partial charge on any atom is -0.501 e. The predicted octanol–water partition coefficient (Wildman–Crippen LogP) is 14.4. The molecule has 0 amide bonds. The first kappa shape index (κ1) is 42.7. The van der Waals surface area contributed by atoms with Crippen LogP contribution in [0.2, 0.25) is 19.6 Å². The van der Waals surface area contributed by atoms with E-state index in [2.05, 4.69) is 182 Å². The van der Waals surface area contributed by atoms with Crippen molar-refractivity contribution in [3.8, 4) is 44.8 Å². The van der Waals surface area contributed by atoms with Crippen LogP contribution >= 0.6 is 0 Å². The molecule has 8 rings (SSSR count). The number of aryl methyl sites for hydroxylation is 2. The molecular formula is C53H54IrN2OSi-2. The van der Waals surface area contributed by atoms with E-state index in [0.717, 1.165) is 61.1 Å². The molecule has 5 heteroatoms. The molecule has 297 valence electrons. The molecule has 8 aromatic rings. The van der Waals surface area contributed by atoms with Gasteiger partial charge in [0.2, 0.25) is 0 Å². The molecule has 0 aliphatic heterocycles. The molecule has 0 saturated heterocycles. The molecule has 58 heavy (non-hydrogen) atoms. The zero-order valence-corrected chi connectivity index (χ0v) is 38.9. The van der Waals surface area contributed by atoms with E-state index in [-0.39, 0.29) is 20.1 Å². The fraction of sp³-hybridized carbons (Fsp3) is 0.245. The molecule has 1 radical (unpaired) electrons. The van der Waals surface area contributed by atoms with Gasteiger partial charge in [-0.1, -0.05) is 166 Å². The molecule has 3 heterocycles. The molecule has 0 aliphatic rings. The summed E-state index contributed by atoms with van der Waals surface area (Å²) in [5.41, 5.74) is 15.5. The van der Waals surface area contributed by atoms with Crippen LogP contribution in [0.25, 0.3) is 66.7 Å². The Morgan fingerprint density at radius 2 is 1.40 bits per heavy atom. The van der Waals surface area contributed by atoms with E-state index in [1.54, 1.807) is 0 Å². The van der Waals surface area contributed by atoms with E-state index < -0.39 is 8.07 Å². The Kier molecular flexibility index (Phi) is 13.2. The van der Waals surface area contributed by atoms with Gasteiger partial charge in [0, 0.05) is 37.9 Å². The largest absolute Gasteiger partial charge is 0.501 e. The SMILES string of the molecule is CC(C)c1cc(-c2[c-]cccc2)ncc1[Si](C)(C)C.Cc1cc(C)cc(-c2ccc3c(c2)oc2c(-c4cc(C(C)C(C)C)ccn4)[c-]cc(-c4ccccc4)c23)c1.[Ir]. The average Bonchev–Trinajstić information content (AvgIpc) is 3.59. The molecule has 0 spiro atoms. The van der Waals surface area contributed by atoms with Crippen LogP contribution in [0, 0.1) is 31.9 Å². The molecule has 0 fully saturated rings. The van der Waals surface area contributed by atoms with E-state index in [1.165, 1.54) is 33.0 Å². The summed E-state index contributed by atoms with van der Waals surface area (Å²) >= 11 is 0. The van der Waals surface area contributed by atoms with Crippen molar-refractivity contribution in [1.82, 2.24) is 9.97 Å². The van der Waals surface area contributed by atoms with E-state index in [1.807, 2.05) is 30.5 Å². The van der Waals surface area contributed by atoms with Gasteiger partial charge in [-0.15, -0.1) is 48.0 Å². The van der Waals surface area contributed by atoms with Crippen molar-refractivity contribution < 1.29 is 24.5 Å². The van der Waals surface area contributed by atoms with Crippen molar-refractivity contribution in [3.63, 3.8) is 0 Å². The molecule has 0 bridgehead atoms. The van der Waals surface area contributed by atoms with Crippen LogP contribution < -0.4 is 5.19 Å². The monoisotopic (exact) mass is 955 g/mol. The van der Waals surface area contributed by atoms with Gasteiger partial charge in [-0.05, 0) is 76.8 Å². The summed E-state index contributed by atoms with van der Waals surface area (Å²) in [7, 11) is -1.34. The molecular weight excluding hydrogens is 901 g/mol. The summed E-state index contributed by atoms with van der Waals surface area (Å²) in [6.45, 7) is 22.7. The molecule has 3 aromatic heterocycles. The first-order valence-electron chi connectivity index (χ1n) is 20.3. The number of benzene rings is 5. The summed E-state index contributed by atoms with van der Waals surface area (Å²) in [5, 5.41) is 3.69. The molecule has 0 aliphatic carbocycles. The van der Waals surface area contributed by atoms with Crippen LogP contribution in [-0.2, 0) is 20.1 Å². The second-order valence-corrected chi connectivity index (χ2v) is 22.2. The zero-order chi connectivity index (χ0) is 40.4. The van der Waals surface area contributed by atoms with Crippen molar-refractivity contribution in [1.29, 1.82) is 0 Å². The van der Waals surface area contributed by atoms with Crippen molar-refractivity contribution in [2.24, 2.45) is 5.92 Å². The zero-order valence-electron chi connectivity index (χ0n) is 35.5. The molecule has 3 nitrogen and oxygen atoms in total. The Balaban J connectivity index is 0.000000240. The number of rotatable bonds is 8. The van der Waals surface area contributed by atoms with Crippen LogP contribution in [-0.4, -0.2) is 18.0 Å². The number of nitrogens with zero attached hydrogens (tertiary/aromatic N) is 2. The number of hydrogen-bond donors (Lipinski definition) is 0. The van der Waals surface area contributed by atoms with Gasteiger partial charge in [-0.25, -0.2) is 0 Å². The summed E-state index contributed by atoms with van der Waals surface area (Å²) in [6, 6.07) is 47.3. The maximum atomic E-state index is 6.70. The first-order chi connectivity index (χ1) is 27.3. The Morgan fingerprint density at radius 1 is 0.672 bits per heavy atom. The quantitative estimate of drug-likeness (QED) is 0.113. The van der Waals surface area contributed by atoms with Crippen molar-refractivity contribution in [2.45, 2.75) is 79.9 Å². The van der Waals surface area contributed by atoms with Crippen LogP contribution in [0.4, 0.5) is 0 Å². The van der Waals surface area contributed by atoms with Crippen LogP contribution in [0.15, 0.2) is 132 Å². The fourth-order valence-corrected chi connectivity index (χ4v) is 9.38. The third-order valence-electron chi connectivity index (χ3n) is 11.1. The third kappa shape index (κ3) is 9.18. The Bertz CT molecular complexity index is 2640. The van der Waals surface area contributed by atoms with E-state index in [0.29, 0.717) is 17.8 Å². The maximum Gasteiger partial charge on any atom is 0.121 e. The number of fused-ring (bicyclic) bond motifs is 3. The van der Waals surface area contributed by atoms with Crippen LogP contribution in [0.1, 0.15) is 68.7 Å². The predicted molar refractivity (Wildman–Crippen MR) is 245 cm³/mol. The molecule has 0 saturated carbocycles. The van der Waals surface area contributed by atoms with E-state index in [9.17, 15) is 0 Å². The average molecular weight is 955 g/mol. The maximum absolute atomic E-state index is 6.70. The fourth-order valence-electron chi connectivity index (χ4n) is 7.71. The summed E-state index contributed by atoms with van der Waals surface area (Å²) in [6.07, 6.45) is 4.01. The molecule has 1 atom stereocenters. The van der Waals surface area contributed by atoms with Crippen molar-refractivity contribution in [2.75, 3.05) is 0 Å². The third-order valence-corrected chi connectivity index (χ3v) is 13.1. The summed E-state index contributed by atoms with van der Waals surface area (Å²) in [4.78, 5) is 9.43. The van der Waals surface area contributed by atoms with Crippen molar-refractivity contribution >= 4 is 35.2 Å². The number of furan rings is 1. The summed E-state index contributed by atoms with van der Waals surface area (Å²) < 4.78 is 6.70. The Labute approximate surface area is 360 Å². The van der Waals surface area contributed by atoms with Gasteiger partial charge >= 0.3 is 0 Å². The van der Waals surface area contributed by atoms with Gasteiger partial charge in [0.1, 0.15) is 5.58 Å². The minimum atomic E-state index is -1.34. The normalized spacial score (nSPS) is 12.1. The van der Waals surface area contributed by atoms with Gasteiger partial charge < -0.3 is 14.4 Å². The first-order valence-corrected chi connectivity index (χ1v) is 23.8. The number of pyridine rings is 2. The van der Waals surface area contributed by atoms with Crippen molar-refractivity contribution in [3.05, 3.63) is 162 Å². The van der Waals surface area contributed by atoms with E-state index in [4.69, 9.17) is 9.40 Å². The van der Waals surface area contributed by atoms with Gasteiger partial charge in [-0.2, -0.15) is 0 Å². The Morgan fingerprint density at radius 3 is 2.05 bits per heavy atom.